The van der Waals surface area contributed by atoms with Crippen LogP contribution in [-0.4, -0.2) is 41.8 Å². The zero-order chi connectivity index (χ0) is 17.9. The fraction of sp³-hybridized carbons (Fsp3) is 0.300. The van der Waals surface area contributed by atoms with E-state index in [0.29, 0.717) is 24.2 Å². The molecule has 0 bridgehead atoms. The van der Waals surface area contributed by atoms with E-state index in [9.17, 15) is 10.2 Å². The number of hydrogen-bond donors (Lipinski definition) is 3. The van der Waals surface area contributed by atoms with Gasteiger partial charge >= 0.3 is 0 Å². The number of aromatic hydroxyl groups is 2. The van der Waals surface area contributed by atoms with Gasteiger partial charge in [0.15, 0.2) is 0 Å². The molecule has 0 amide bonds. The third-order valence-electron chi connectivity index (χ3n) is 3.84. The maximum Gasteiger partial charge on any atom is 0.124 e. The van der Waals surface area contributed by atoms with Gasteiger partial charge in [-0.2, -0.15) is 0 Å². The fourth-order valence-electron chi connectivity index (χ4n) is 2.39. The number of unbranched alkanes of at least 4 members (excludes halogenated alkanes) is 1. The Kier molecular flexibility index (Phi) is 10.3. The van der Waals surface area contributed by atoms with Crippen LogP contribution in [0.25, 0.3) is 0 Å². The summed E-state index contributed by atoms with van der Waals surface area (Å²) in [7, 11) is 0. The zero-order valence-corrected chi connectivity index (χ0v) is 15.5. The van der Waals surface area contributed by atoms with Gasteiger partial charge in [0.25, 0.3) is 0 Å². The average molecular weight is 403 g/mol. The molecule has 0 heterocycles. The summed E-state index contributed by atoms with van der Waals surface area (Å²) in [5.41, 5.74) is 6.94. The first kappa shape index (κ1) is 21.9. The largest absolute Gasteiger partial charge is 0.507 e. The van der Waals surface area contributed by atoms with Gasteiger partial charge in [0.05, 0.1) is 12.6 Å². The first-order valence-corrected chi connectivity index (χ1v) is 8.49. The van der Waals surface area contributed by atoms with E-state index < -0.39 is 0 Å². The fourth-order valence-corrected chi connectivity index (χ4v) is 2.39. The first-order chi connectivity index (χ1) is 12.2. The van der Waals surface area contributed by atoms with Crippen LogP contribution >= 0.6 is 0 Å². The Bertz CT molecular complexity index is 720. The van der Waals surface area contributed by atoms with Crippen LogP contribution in [0.3, 0.4) is 0 Å². The first-order valence-electron chi connectivity index (χ1n) is 8.49. The molecular weight excluding hydrogens is 378 g/mol. The maximum atomic E-state index is 9.83. The van der Waals surface area contributed by atoms with E-state index in [1.165, 1.54) is 0 Å². The van der Waals surface area contributed by atoms with Gasteiger partial charge in [-0.1, -0.05) is 30.7 Å². The van der Waals surface area contributed by atoms with Crippen LogP contribution in [-0.2, 0) is 17.1 Å². The van der Waals surface area contributed by atoms with Crippen LogP contribution in [0.4, 0.5) is 0 Å². The quantitative estimate of drug-likeness (QED) is 0.342. The minimum atomic E-state index is 0. The molecular formula is C20H25CuN3O2. The van der Waals surface area contributed by atoms with Gasteiger partial charge in [-0.15, -0.1) is 0 Å². The van der Waals surface area contributed by atoms with Crippen LogP contribution in [0.1, 0.15) is 30.4 Å². The summed E-state index contributed by atoms with van der Waals surface area (Å²) in [6.45, 7) is 1.18. The smallest absolute Gasteiger partial charge is 0.124 e. The van der Waals surface area contributed by atoms with E-state index in [4.69, 9.17) is 5.73 Å². The number of nitrogens with zero attached hydrogens (tertiary/aromatic N) is 2. The van der Waals surface area contributed by atoms with Crippen LogP contribution in [0.5, 0.6) is 11.5 Å². The summed E-state index contributed by atoms with van der Waals surface area (Å²) in [6.07, 6.45) is 6.16. The minimum absolute atomic E-state index is 0. The Balaban J connectivity index is 0.00000338. The molecule has 0 aromatic heterocycles. The van der Waals surface area contributed by atoms with Gasteiger partial charge < -0.3 is 15.9 Å². The second-order valence-electron chi connectivity index (χ2n) is 5.83. The van der Waals surface area contributed by atoms with Crippen molar-refractivity contribution in [3.8, 4) is 11.5 Å². The standard InChI is InChI=1S/C20H25N3O2.Cu/c21-12-6-5-9-18(23-14-17-8-2-4-11-20(17)25)15-22-13-16-7-1-3-10-19(16)24;/h1-4,7-8,10-11,13-14,18,24-25H,5-6,9,12,15,21H2;/t18-;/m0./s1. The van der Waals surface area contributed by atoms with Crippen molar-refractivity contribution >= 4 is 12.4 Å². The van der Waals surface area contributed by atoms with Crippen molar-refractivity contribution in [1.29, 1.82) is 0 Å². The number of aliphatic imine (C=N–C) groups is 2. The summed E-state index contributed by atoms with van der Waals surface area (Å²) < 4.78 is 0. The van der Waals surface area contributed by atoms with Gasteiger partial charge in [0, 0.05) is 40.6 Å². The van der Waals surface area contributed by atoms with E-state index in [1.54, 1.807) is 36.7 Å². The van der Waals surface area contributed by atoms with Gasteiger partial charge in [0.1, 0.15) is 11.5 Å². The Labute approximate surface area is 165 Å². The van der Waals surface area contributed by atoms with Gasteiger partial charge in [-0.3, -0.25) is 9.98 Å². The van der Waals surface area contributed by atoms with Crippen molar-refractivity contribution in [1.82, 2.24) is 0 Å². The maximum absolute atomic E-state index is 9.83. The Morgan fingerprint density at radius 2 is 1.46 bits per heavy atom. The summed E-state index contributed by atoms with van der Waals surface area (Å²) >= 11 is 0. The molecule has 5 nitrogen and oxygen atoms in total. The van der Waals surface area contributed by atoms with Gasteiger partial charge in [-0.05, 0) is 43.7 Å². The number of nitrogens with two attached hydrogens (primary N) is 1. The number of para-hydroxylation sites is 2. The van der Waals surface area contributed by atoms with E-state index >= 15 is 0 Å². The molecule has 2 rings (SSSR count). The molecule has 0 fully saturated rings. The summed E-state index contributed by atoms with van der Waals surface area (Å²) in [6, 6.07) is 14.2. The van der Waals surface area contributed by atoms with E-state index in [1.807, 2.05) is 24.3 Å². The van der Waals surface area contributed by atoms with Gasteiger partial charge in [-0.25, -0.2) is 0 Å². The molecule has 143 valence electrons. The molecule has 1 atom stereocenters. The molecule has 0 spiro atoms. The number of phenolic OH excluding ortho intramolecular Hbond substituents is 2. The molecule has 2 aromatic carbocycles. The number of benzene rings is 2. The molecule has 0 aliphatic rings. The monoisotopic (exact) mass is 402 g/mol. The second kappa shape index (κ2) is 12.3. The average Bonchev–Trinajstić information content (AvgIpc) is 2.62. The van der Waals surface area contributed by atoms with Crippen LogP contribution in [0, 0.1) is 0 Å². The van der Waals surface area contributed by atoms with E-state index in [2.05, 4.69) is 9.98 Å². The molecule has 0 aliphatic carbocycles. The molecule has 0 unspecified atom stereocenters. The third-order valence-corrected chi connectivity index (χ3v) is 3.84. The molecule has 0 aliphatic heterocycles. The van der Waals surface area contributed by atoms with Gasteiger partial charge in [0.2, 0.25) is 0 Å². The van der Waals surface area contributed by atoms with E-state index in [-0.39, 0.29) is 34.6 Å². The molecule has 26 heavy (non-hydrogen) atoms. The van der Waals surface area contributed by atoms with E-state index in [0.717, 1.165) is 19.3 Å². The van der Waals surface area contributed by atoms with Crippen molar-refractivity contribution in [3.05, 3.63) is 59.7 Å². The molecule has 2 aromatic rings. The number of hydrogen-bond acceptors (Lipinski definition) is 5. The van der Waals surface area contributed by atoms with Crippen molar-refractivity contribution in [3.63, 3.8) is 0 Å². The minimum Gasteiger partial charge on any atom is -0.507 e. The van der Waals surface area contributed by atoms with Crippen molar-refractivity contribution in [2.75, 3.05) is 13.1 Å². The summed E-state index contributed by atoms with van der Waals surface area (Å²) in [4.78, 5) is 9.00. The molecule has 4 N–H and O–H groups in total. The SMILES string of the molecule is NCCCC[C@@H](CN=Cc1ccccc1O)N=Cc1ccccc1O.[Cu]. The second-order valence-corrected chi connectivity index (χ2v) is 5.83. The topological polar surface area (TPSA) is 91.2 Å². The summed E-state index contributed by atoms with van der Waals surface area (Å²) in [5, 5.41) is 19.6. The molecule has 0 saturated carbocycles. The van der Waals surface area contributed by atoms with Crippen LogP contribution < -0.4 is 5.73 Å². The molecule has 6 heteroatoms. The van der Waals surface area contributed by atoms with Crippen LogP contribution in [0.15, 0.2) is 58.5 Å². The van der Waals surface area contributed by atoms with Crippen LogP contribution in [0.2, 0.25) is 0 Å². The van der Waals surface area contributed by atoms with Crippen molar-refractivity contribution in [2.45, 2.75) is 25.3 Å². The zero-order valence-electron chi connectivity index (χ0n) is 14.6. The Hall–Kier alpha value is -2.14. The Morgan fingerprint density at radius 1 is 0.885 bits per heavy atom. The van der Waals surface area contributed by atoms with Crippen molar-refractivity contribution < 1.29 is 27.3 Å². The molecule has 0 saturated heterocycles. The third kappa shape index (κ3) is 7.40. The molecule has 1 radical (unpaired) electrons. The Morgan fingerprint density at radius 3 is 2.04 bits per heavy atom. The predicted octanol–water partition coefficient (Wildman–Crippen LogP) is 3.13. The number of phenols is 2. The normalized spacial score (nSPS) is 12.3. The number of rotatable bonds is 9. The summed E-state index contributed by atoms with van der Waals surface area (Å²) in [5.74, 6) is 0.424. The van der Waals surface area contributed by atoms with Crippen molar-refractivity contribution in [2.24, 2.45) is 15.7 Å². The predicted molar refractivity (Wildman–Crippen MR) is 103 cm³/mol.